The van der Waals surface area contributed by atoms with Gasteiger partial charge in [0.15, 0.2) is 0 Å². The van der Waals surface area contributed by atoms with E-state index in [9.17, 15) is 8.42 Å². The zero-order chi connectivity index (χ0) is 12.3. The molecule has 2 N–H and O–H groups in total. The molecule has 90 valence electrons. The molecule has 2 aromatic carbocycles. The number of ether oxygens (including phenoxy) is 1. The third kappa shape index (κ3) is 3.44. The van der Waals surface area contributed by atoms with Crippen LogP contribution in [-0.4, -0.2) is 20.8 Å². The molecule has 17 heavy (non-hydrogen) atoms. The second-order valence-electron chi connectivity index (χ2n) is 3.72. The molecule has 0 aliphatic carbocycles. The van der Waals surface area contributed by atoms with Crippen molar-refractivity contribution >= 4 is 20.8 Å². The fourth-order valence-corrected chi connectivity index (χ4v) is 1.85. The zero-order valence-electron chi connectivity index (χ0n) is 9.17. The monoisotopic (exact) mass is 251 g/mol. The van der Waals surface area contributed by atoms with Crippen molar-refractivity contribution in [2.24, 2.45) is 5.14 Å². The topological polar surface area (TPSA) is 69.4 Å². The van der Waals surface area contributed by atoms with Gasteiger partial charge in [-0.2, -0.15) is 0 Å². The van der Waals surface area contributed by atoms with Crippen LogP contribution in [0, 0.1) is 0 Å². The lowest BCUT2D eigenvalue weighted by Gasteiger charge is -2.06. The molecule has 0 saturated carbocycles. The van der Waals surface area contributed by atoms with Crippen molar-refractivity contribution in [1.82, 2.24) is 0 Å². The molecule has 0 heterocycles. The molecule has 0 aliphatic heterocycles. The molecule has 0 atom stereocenters. The van der Waals surface area contributed by atoms with Gasteiger partial charge in [0.25, 0.3) is 0 Å². The Bertz CT molecular complexity index is 622. The first-order valence-electron chi connectivity index (χ1n) is 5.17. The van der Waals surface area contributed by atoms with E-state index < -0.39 is 10.0 Å². The molecule has 5 heteroatoms. The van der Waals surface area contributed by atoms with Gasteiger partial charge >= 0.3 is 0 Å². The summed E-state index contributed by atoms with van der Waals surface area (Å²) in [5.74, 6) is 0.465. The van der Waals surface area contributed by atoms with E-state index >= 15 is 0 Å². The number of rotatable bonds is 4. The first-order valence-corrected chi connectivity index (χ1v) is 6.88. The molecule has 0 aliphatic rings. The van der Waals surface area contributed by atoms with Gasteiger partial charge in [0.1, 0.15) is 12.4 Å². The molecule has 2 aromatic rings. The Morgan fingerprint density at radius 2 is 1.76 bits per heavy atom. The normalized spacial score (nSPS) is 11.6. The fourth-order valence-electron chi connectivity index (χ4n) is 1.53. The molecule has 0 amide bonds. The predicted octanol–water partition coefficient (Wildman–Crippen LogP) is 1.51. The van der Waals surface area contributed by atoms with Crippen LogP contribution in [0.5, 0.6) is 5.75 Å². The average molecular weight is 251 g/mol. The van der Waals surface area contributed by atoms with Crippen LogP contribution < -0.4 is 9.88 Å². The van der Waals surface area contributed by atoms with Gasteiger partial charge in [-0.25, -0.2) is 13.6 Å². The molecule has 0 bridgehead atoms. The van der Waals surface area contributed by atoms with Gasteiger partial charge in [-0.05, 0) is 22.9 Å². The van der Waals surface area contributed by atoms with E-state index in [1.807, 2.05) is 42.5 Å². The highest BCUT2D eigenvalue weighted by Gasteiger charge is 2.03. The lowest BCUT2D eigenvalue weighted by atomic mass is 10.1. The van der Waals surface area contributed by atoms with Crippen molar-refractivity contribution in [3.8, 4) is 5.75 Å². The van der Waals surface area contributed by atoms with Crippen LogP contribution in [0.25, 0.3) is 10.8 Å². The van der Waals surface area contributed by atoms with Crippen LogP contribution in [0.15, 0.2) is 42.5 Å². The number of hydrogen-bond acceptors (Lipinski definition) is 3. The van der Waals surface area contributed by atoms with E-state index in [0.717, 1.165) is 10.8 Å². The maximum absolute atomic E-state index is 10.7. The minimum absolute atomic E-state index is 0.0666. The Morgan fingerprint density at radius 1 is 1.06 bits per heavy atom. The van der Waals surface area contributed by atoms with E-state index in [4.69, 9.17) is 9.88 Å². The molecule has 0 unspecified atom stereocenters. The second kappa shape index (κ2) is 4.73. The number of primary sulfonamides is 1. The number of hydrogen-bond donors (Lipinski definition) is 1. The highest BCUT2D eigenvalue weighted by Crippen LogP contribution is 2.20. The Labute approximate surface area is 100 Å². The van der Waals surface area contributed by atoms with Gasteiger partial charge in [-0.1, -0.05) is 30.3 Å². The first-order chi connectivity index (χ1) is 8.04. The highest BCUT2D eigenvalue weighted by atomic mass is 32.2. The van der Waals surface area contributed by atoms with Crippen LogP contribution >= 0.6 is 0 Å². The smallest absolute Gasteiger partial charge is 0.212 e. The minimum atomic E-state index is -3.46. The lowest BCUT2D eigenvalue weighted by Crippen LogP contribution is -2.21. The molecular formula is C12H13NO3S. The van der Waals surface area contributed by atoms with Gasteiger partial charge < -0.3 is 4.74 Å². The quantitative estimate of drug-likeness (QED) is 0.895. The summed E-state index contributed by atoms with van der Waals surface area (Å²) < 4.78 is 26.8. The summed E-state index contributed by atoms with van der Waals surface area (Å²) >= 11 is 0. The summed E-state index contributed by atoms with van der Waals surface area (Å²) in [6, 6.07) is 13.5. The van der Waals surface area contributed by atoms with Crippen LogP contribution in [-0.2, 0) is 10.0 Å². The summed E-state index contributed by atoms with van der Waals surface area (Å²) in [6.45, 7) is 0.0666. The summed E-state index contributed by atoms with van der Waals surface area (Å²) in [5.41, 5.74) is 0. The summed E-state index contributed by atoms with van der Waals surface area (Å²) in [5, 5.41) is 7.06. The molecule has 0 spiro atoms. The Hall–Kier alpha value is -1.59. The summed E-state index contributed by atoms with van der Waals surface area (Å²) in [6.07, 6.45) is 0. The van der Waals surface area contributed by atoms with E-state index in [1.54, 1.807) is 0 Å². The maximum atomic E-state index is 10.7. The van der Waals surface area contributed by atoms with Crippen molar-refractivity contribution in [3.05, 3.63) is 42.5 Å². The molecule has 0 saturated heterocycles. The van der Waals surface area contributed by atoms with Gasteiger partial charge in [-0.3, -0.25) is 0 Å². The Balaban J connectivity index is 2.09. The minimum Gasteiger partial charge on any atom is -0.492 e. The number of sulfonamides is 1. The van der Waals surface area contributed by atoms with E-state index in [2.05, 4.69) is 0 Å². The summed E-state index contributed by atoms with van der Waals surface area (Å²) in [4.78, 5) is 0. The largest absolute Gasteiger partial charge is 0.492 e. The summed E-state index contributed by atoms with van der Waals surface area (Å²) in [7, 11) is -3.46. The van der Waals surface area contributed by atoms with E-state index in [0.29, 0.717) is 5.75 Å². The first kappa shape index (κ1) is 11.9. The van der Waals surface area contributed by atoms with E-state index in [1.165, 1.54) is 0 Å². The molecular weight excluding hydrogens is 238 g/mol. The molecule has 4 nitrogen and oxygen atoms in total. The molecule has 0 fully saturated rings. The van der Waals surface area contributed by atoms with Crippen LogP contribution in [0.1, 0.15) is 0 Å². The van der Waals surface area contributed by atoms with Crippen molar-refractivity contribution in [1.29, 1.82) is 0 Å². The van der Waals surface area contributed by atoms with Gasteiger partial charge in [0.2, 0.25) is 10.0 Å². The molecule has 0 aromatic heterocycles. The van der Waals surface area contributed by atoms with Gasteiger partial charge in [0.05, 0.1) is 5.75 Å². The van der Waals surface area contributed by atoms with E-state index in [-0.39, 0.29) is 12.4 Å². The fraction of sp³-hybridized carbons (Fsp3) is 0.167. The lowest BCUT2D eigenvalue weighted by molar-refractivity contribution is 0.341. The third-order valence-electron chi connectivity index (χ3n) is 2.36. The molecule has 2 rings (SSSR count). The SMILES string of the molecule is NS(=O)(=O)CCOc1ccc2ccccc2c1. The Kier molecular flexibility index (Phi) is 3.31. The van der Waals surface area contributed by atoms with Gasteiger partial charge in [-0.15, -0.1) is 0 Å². The molecule has 0 radical (unpaired) electrons. The van der Waals surface area contributed by atoms with Crippen molar-refractivity contribution in [2.75, 3.05) is 12.4 Å². The van der Waals surface area contributed by atoms with Crippen LogP contribution in [0.2, 0.25) is 0 Å². The number of nitrogens with two attached hydrogens (primary N) is 1. The highest BCUT2D eigenvalue weighted by molar-refractivity contribution is 7.89. The van der Waals surface area contributed by atoms with Gasteiger partial charge in [0, 0.05) is 0 Å². The third-order valence-corrected chi connectivity index (χ3v) is 3.09. The maximum Gasteiger partial charge on any atom is 0.212 e. The standard InChI is InChI=1S/C12H13NO3S/c13-17(14,15)8-7-16-12-6-5-10-3-1-2-4-11(10)9-12/h1-6,9H,7-8H2,(H2,13,14,15). The van der Waals surface area contributed by atoms with Crippen molar-refractivity contribution < 1.29 is 13.2 Å². The van der Waals surface area contributed by atoms with Crippen molar-refractivity contribution in [2.45, 2.75) is 0 Å². The Morgan fingerprint density at radius 3 is 2.47 bits per heavy atom. The predicted molar refractivity (Wildman–Crippen MR) is 67.4 cm³/mol. The number of benzene rings is 2. The van der Waals surface area contributed by atoms with Crippen LogP contribution in [0.4, 0.5) is 0 Å². The van der Waals surface area contributed by atoms with Crippen LogP contribution in [0.3, 0.4) is 0 Å². The zero-order valence-corrected chi connectivity index (χ0v) is 9.98. The van der Waals surface area contributed by atoms with Crippen molar-refractivity contribution in [3.63, 3.8) is 0 Å². The second-order valence-corrected chi connectivity index (χ2v) is 5.46. The number of fused-ring (bicyclic) bond motifs is 1. The average Bonchev–Trinajstić information content (AvgIpc) is 2.27.